The summed E-state index contributed by atoms with van der Waals surface area (Å²) in [5, 5.41) is 3.87. The Kier molecular flexibility index (Phi) is 5.17. The van der Waals surface area contributed by atoms with Crippen LogP contribution in [0.2, 0.25) is 0 Å². The van der Waals surface area contributed by atoms with Crippen molar-refractivity contribution in [1.29, 1.82) is 0 Å². The summed E-state index contributed by atoms with van der Waals surface area (Å²) in [6.07, 6.45) is 12.7. The van der Waals surface area contributed by atoms with Gasteiger partial charge in [-0.3, -0.25) is 3.53 Å². The number of rotatable bonds is 3. The zero-order valence-electron chi connectivity index (χ0n) is 9.47. The van der Waals surface area contributed by atoms with Gasteiger partial charge in [0, 0.05) is 41.0 Å². The zero-order chi connectivity index (χ0) is 10.5. The summed E-state index contributed by atoms with van der Waals surface area (Å²) in [6, 6.07) is 2.43. The van der Waals surface area contributed by atoms with Crippen LogP contribution in [0.25, 0.3) is 0 Å². The second-order valence-electron chi connectivity index (χ2n) is 5.16. The molecular weight excluding hydrogens is 299 g/mol. The fourth-order valence-corrected chi connectivity index (χ4v) is 3.59. The molecule has 0 unspecified atom stereocenters. The third-order valence-electron chi connectivity index (χ3n) is 3.96. The zero-order valence-corrected chi connectivity index (χ0v) is 11.6. The lowest BCUT2D eigenvalue weighted by Crippen LogP contribution is -2.43. The standard InChI is InChI=1S/C12H23IN2/c13-15-12-8-6-11(7-9-12)14-10-4-2-1-3-5-10/h10-12,14-15H,1-9H2. The van der Waals surface area contributed by atoms with Crippen molar-refractivity contribution in [2.24, 2.45) is 0 Å². The first-order chi connectivity index (χ1) is 7.38. The molecule has 3 heteroatoms. The molecule has 2 fully saturated rings. The highest BCUT2D eigenvalue weighted by Gasteiger charge is 2.23. The molecule has 2 rings (SSSR count). The molecule has 2 aliphatic rings. The summed E-state index contributed by atoms with van der Waals surface area (Å²) in [6.45, 7) is 0. The maximum absolute atomic E-state index is 3.87. The van der Waals surface area contributed by atoms with Crippen molar-refractivity contribution >= 4 is 22.9 Å². The predicted molar refractivity (Wildman–Crippen MR) is 73.2 cm³/mol. The smallest absolute Gasteiger partial charge is 0.0172 e. The third-order valence-corrected chi connectivity index (χ3v) is 4.84. The lowest BCUT2D eigenvalue weighted by Gasteiger charge is -2.33. The van der Waals surface area contributed by atoms with E-state index in [2.05, 4.69) is 31.7 Å². The molecule has 0 spiro atoms. The van der Waals surface area contributed by atoms with Crippen LogP contribution in [-0.4, -0.2) is 18.1 Å². The van der Waals surface area contributed by atoms with Gasteiger partial charge < -0.3 is 5.32 Å². The Bertz CT molecular complexity index is 172. The van der Waals surface area contributed by atoms with Crippen molar-refractivity contribution in [3.05, 3.63) is 0 Å². The topological polar surface area (TPSA) is 24.1 Å². The van der Waals surface area contributed by atoms with Crippen LogP contribution in [0.1, 0.15) is 57.8 Å². The number of hydrogen-bond donors (Lipinski definition) is 2. The fraction of sp³-hybridized carbons (Fsp3) is 1.00. The van der Waals surface area contributed by atoms with E-state index in [1.165, 1.54) is 57.8 Å². The summed E-state index contributed by atoms with van der Waals surface area (Å²) in [4.78, 5) is 0. The van der Waals surface area contributed by atoms with Crippen LogP contribution in [0, 0.1) is 0 Å². The number of nitrogens with one attached hydrogen (secondary N) is 2. The lowest BCUT2D eigenvalue weighted by atomic mass is 9.89. The molecule has 0 amide bonds. The summed E-state index contributed by atoms with van der Waals surface area (Å²) < 4.78 is 3.37. The van der Waals surface area contributed by atoms with Gasteiger partial charge in [0.05, 0.1) is 0 Å². The highest BCUT2D eigenvalue weighted by molar-refractivity contribution is 14.1. The van der Waals surface area contributed by atoms with E-state index >= 15 is 0 Å². The summed E-state index contributed by atoms with van der Waals surface area (Å²) in [5.74, 6) is 0. The maximum atomic E-state index is 3.87. The first-order valence-corrected chi connectivity index (χ1v) is 7.58. The molecule has 0 heterocycles. The molecule has 2 saturated carbocycles. The second kappa shape index (κ2) is 6.40. The largest absolute Gasteiger partial charge is 0.311 e. The van der Waals surface area contributed by atoms with Gasteiger partial charge in [0.2, 0.25) is 0 Å². The molecule has 15 heavy (non-hydrogen) atoms. The Morgan fingerprint density at radius 2 is 1.20 bits per heavy atom. The molecule has 2 nitrogen and oxygen atoms in total. The monoisotopic (exact) mass is 322 g/mol. The molecule has 0 radical (unpaired) electrons. The molecule has 0 aliphatic heterocycles. The first-order valence-electron chi connectivity index (χ1n) is 6.50. The van der Waals surface area contributed by atoms with E-state index in [0.717, 1.165) is 18.1 Å². The van der Waals surface area contributed by atoms with Crippen molar-refractivity contribution in [2.75, 3.05) is 0 Å². The predicted octanol–water partition coefficient (Wildman–Crippen LogP) is 3.16. The van der Waals surface area contributed by atoms with Gasteiger partial charge in [-0.25, -0.2) is 0 Å². The highest BCUT2D eigenvalue weighted by Crippen LogP contribution is 2.23. The Hall–Kier alpha value is 0.650. The van der Waals surface area contributed by atoms with Crippen LogP contribution in [0.15, 0.2) is 0 Å². The Morgan fingerprint density at radius 3 is 1.80 bits per heavy atom. The van der Waals surface area contributed by atoms with Gasteiger partial charge in [-0.1, -0.05) is 19.3 Å². The van der Waals surface area contributed by atoms with E-state index in [1.807, 2.05) is 0 Å². The Balaban J connectivity index is 1.67. The average molecular weight is 322 g/mol. The molecule has 2 aliphatic carbocycles. The van der Waals surface area contributed by atoms with Gasteiger partial charge >= 0.3 is 0 Å². The maximum Gasteiger partial charge on any atom is 0.0172 e. The summed E-state index contributed by atoms with van der Waals surface area (Å²) >= 11 is 2.30. The van der Waals surface area contributed by atoms with Crippen molar-refractivity contribution in [1.82, 2.24) is 8.85 Å². The summed E-state index contributed by atoms with van der Waals surface area (Å²) in [7, 11) is 0. The minimum Gasteiger partial charge on any atom is -0.311 e. The minimum atomic E-state index is 0.773. The number of hydrogen-bond acceptors (Lipinski definition) is 2. The second-order valence-corrected chi connectivity index (χ2v) is 5.78. The van der Waals surface area contributed by atoms with E-state index in [9.17, 15) is 0 Å². The van der Waals surface area contributed by atoms with Crippen LogP contribution in [0.5, 0.6) is 0 Å². The quantitative estimate of drug-likeness (QED) is 0.616. The summed E-state index contributed by atoms with van der Waals surface area (Å²) in [5.41, 5.74) is 0. The van der Waals surface area contributed by atoms with Gasteiger partial charge in [-0.05, 0) is 38.5 Å². The SMILES string of the molecule is INC1CCC(NC2CCCCC2)CC1. The van der Waals surface area contributed by atoms with E-state index in [1.54, 1.807) is 0 Å². The Morgan fingerprint density at radius 1 is 0.667 bits per heavy atom. The highest BCUT2D eigenvalue weighted by atomic mass is 127. The third kappa shape index (κ3) is 3.86. The van der Waals surface area contributed by atoms with Crippen LogP contribution < -0.4 is 8.85 Å². The van der Waals surface area contributed by atoms with Gasteiger partial charge in [0.1, 0.15) is 0 Å². The van der Waals surface area contributed by atoms with Crippen LogP contribution in [0.3, 0.4) is 0 Å². The molecule has 0 atom stereocenters. The molecule has 0 aromatic rings. The molecule has 0 aromatic carbocycles. The molecule has 0 aromatic heterocycles. The molecular formula is C12H23IN2. The van der Waals surface area contributed by atoms with Crippen LogP contribution >= 0.6 is 22.9 Å². The Labute approximate surface area is 107 Å². The van der Waals surface area contributed by atoms with Gasteiger partial charge in [0.25, 0.3) is 0 Å². The molecule has 0 bridgehead atoms. The molecule has 2 N–H and O–H groups in total. The van der Waals surface area contributed by atoms with E-state index in [4.69, 9.17) is 0 Å². The average Bonchev–Trinajstić information content (AvgIpc) is 2.31. The fourth-order valence-electron chi connectivity index (χ4n) is 2.97. The van der Waals surface area contributed by atoms with Crippen LogP contribution in [0.4, 0.5) is 0 Å². The van der Waals surface area contributed by atoms with Crippen molar-refractivity contribution in [3.8, 4) is 0 Å². The van der Waals surface area contributed by atoms with Crippen molar-refractivity contribution in [2.45, 2.75) is 75.9 Å². The van der Waals surface area contributed by atoms with E-state index < -0.39 is 0 Å². The van der Waals surface area contributed by atoms with Gasteiger partial charge in [-0.15, -0.1) is 0 Å². The van der Waals surface area contributed by atoms with E-state index in [0.29, 0.717) is 0 Å². The number of halogens is 1. The molecule has 88 valence electrons. The van der Waals surface area contributed by atoms with Crippen LogP contribution in [-0.2, 0) is 0 Å². The molecule has 0 saturated heterocycles. The van der Waals surface area contributed by atoms with Crippen molar-refractivity contribution < 1.29 is 0 Å². The normalized spacial score (nSPS) is 34.2. The minimum absolute atomic E-state index is 0.773. The lowest BCUT2D eigenvalue weighted by molar-refractivity contribution is 0.276. The van der Waals surface area contributed by atoms with E-state index in [-0.39, 0.29) is 0 Å². The van der Waals surface area contributed by atoms with Gasteiger partial charge in [0.15, 0.2) is 0 Å². The van der Waals surface area contributed by atoms with Gasteiger partial charge in [-0.2, -0.15) is 0 Å². The van der Waals surface area contributed by atoms with Crippen molar-refractivity contribution in [3.63, 3.8) is 0 Å². The first kappa shape index (κ1) is 12.1.